The summed E-state index contributed by atoms with van der Waals surface area (Å²) in [5.74, 6) is -3.05. The first-order chi connectivity index (χ1) is 17.7. The summed E-state index contributed by atoms with van der Waals surface area (Å²) in [6.07, 6.45) is -7.85. The molecule has 0 bridgehead atoms. The first-order valence-electron chi connectivity index (χ1n) is 12.5. The van der Waals surface area contributed by atoms with Crippen LogP contribution in [-0.4, -0.2) is 18.8 Å². The summed E-state index contributed by atoms with van der Waals surface area (Å²) < 4.78 is 165. The molecular formula is C18H14F3NO5S. The highest BCUT2D eigenvalue weighted by molar-refractivity contribution is 7.86. The Hall–Kier alpha value is -2.85. The molecule has 0 amide bonds. The van der Waals surface area contributed by atoms with Crippen molar-refractivity contribution in [3.63, 3.8) is 0 Å². The maximum Gasteiger partial charge on any atom is 0.416 e. The number of halogens is 3. The number of benzene rings is 2. The molecule has 6 nitrogen and oxygen atoms in total. The zero-order valence-electron chi connectivity index (χ0n) is 24.2. The molecule has 0 aromatic heterocycles. The van der Waals surface area contributed by atoms with Crippen molar-refractivity contribution in [1.29, 1.82) is 0 Å². The summed E-state index contributed by atoms with van der Waals surface area (Å²) in [7, 11) is -5.70. The molecule has 148 valence electrons. The van der Waals surface area contributed by atoms with Crippen LogP contribution in [0.3, 0.4) is 0 Å². The second-order valence-electron chi connectivity index (χ2n) is 5.30. The lowest BCUT2D eigenvalue weighted by Gasteiger charge is -2.15. The van der Waals surface area contributed by atoms with E-state index in [2.05, 4.69) is 0 Å². The van der Waals surface area contributed by atoms with E-state index in [-0.39, 0.29) is 0 Å². The number of rotatable bonds is 5. The van der Waals surface area contributed by atoms with Gasteiger partial charge in [-0.05, 0) is 17.6 Å². The molecule has 2 unspecified atom stereocenters. The predicted molar refractivity (Wildman–Crippen MR) is 92.2 cm³/mol. The molecule has 10 heteroatoms. The van der Waals surface area contributed by atoms with Crippen molar-refractivity contribution < 1.29 is 50.8 Å². The fourth-order valence-corrected chi connectivity index (χ4v) is 3.27. The van der Waals surface area contributed by atoms with Crippen LogP contribution in [0.15, 0.2) is 65.8 Å². The normalized spacial score (nSPS) is 24.2. The van der Waals surface area contributed by atoms with Crippen LogP contribution in [0.4, 0.5) is 13.2 Å². The lowest BCUT2D eigenvalue weighted by molar-refractivity contribution is -0.137. The van der Waals surface area contributed by atoms with Crippen molar-refractivity contribution in [2.75, 3.05) is 0 Å². The molecule has 1 heterocycles. The minimum absolute atomic E-state index is 0.527. The number of ketones is 1. The number of nitrogens with two attached hydrogens (primary N) is 1. The predicted octanol–water partition coefficient (Wildman–Crippen LogP) is 3.15. The minimum atomic E-state index is -5.70. The van der Waals surface area contributed by atoms with Gasteiger partial charge in [0.05, 0.1) is 23.5 Å². The molecule has 0 saturated carbocycles. The topological polar surface area (TPSA) is 107 Å². The number of carbonyl (C=O) groups is 1. The van der Waals surface area contributed by atoms with Crippen molar-refractivity contribution in [3.05, 3.63) is 82.5 Å². The van der Waals surface area contributed by atoms with E-state index in [1.807, 2.05) is 0 Å². The minimum Gasteiger partial charge on any atom is -0.463 e. The van der Waals surface area contributed by atoms with Crippen LogP contribution in [0.25, 0.3) is 0 Å². The van der Waals surface area contributed by atoms with Gasteiger partial charge in [-0.1, -0.05) is 42.3 Å². The van der Waals surface area contributed by atoms with Gasteiger partial charge in [-0.15, -0.1) is 0 Å². The van der Waals surface area contributed by atoms with Gasteiger partial charge in [-0.3, -0.25) is 9.35 Å². The molecule has 28 heavy (non-hydrogen) atoms. The average Bonchev–Trinajstić information content (AvgIpc) is 3.13. The Bertz CT molecular complexity index is 1510. The standard InChI is InChI=1S/C18H14F3NO5S/c19-18(20,21)12-8-6-10(7-9-12)15-14(23)13(17(22)27-15)16(28(24,25)26)11-4-2-1-3-5-11/h1-9,15-16H,22H2,(H,24,25,26)/i1D,2D,3D,4D,5D,6D,7D,8D,9D/hD2. The smallest absolute Gasteiger partial charge is 0.416 e. The maximum atomic E-state index is 13.4. The maximum absolute atomic E-state index is 13.4. The van der Waals surface area contributed by atoms with Gasteiger partial charge in [0.15, 0.2) is 14.8 Å². The Labute approximate surface area is 173 Å². The summed E-state index contributed by atoms with van der Waals surface area (Å²) in [6, 6.07) is -11.8. The molecule has 0 radical (unpaired) electrons. The molecule has 3 rings (SSSR count). The van der Waals surface area contributed by atoms with Crippen LogP contribution in [0.5, 0.6) is 0 Å². The molecule has 0 spiro atoms. The third-order valence-corrected chi connectivity index (χ3v) is 4.56. The molecule has 1 aliphatic rings. The lowest BCUT2D eigenvalue weighted by atomic mass is 9.96. The molecule has 2 aromatic rings. The third-order valence-electron chi connectivity index (χ3n) is 3.50. The molecule has 0 fully saturated rings. The summed E-state index contributed by atoms with van der Waals surface area (Å²) in [6.45, 7) is 0. The quantitative estimate of drug-likeness (QED) is 0.714. The van der Waals surface area contributed by atoms with Crippen molar-refractivity contribution >= 4 is 15.9 Å². The number of alkyl halides is 3. The van der Waals surface area contributed by atoms with E-state index in [4.69, 9.17) is 19.9 Å². The van der Waals surface area contributed by atoms with Crippen LogP contribution in [0.1, 0.15) is 40.4 Å². The molecule has 2 aromatic carbocycles. The van der Waals surface area contributed by atoms with Crippen LogP contribution in [-0.2, 0) is 25.8 Å². The monoisotopic (exact) mass is 424 g/mol. The van der Waals surface area contributed by atoms with E-state index in [0.717, 1.165) is 0 Å². The number of ether oxygens (including phenoxy) is 1. The number of hydrogen-bond donors (Lipinski definition) is 2. The number of carbonyl (C=O) groups excluding carboxylic acids is 1. The second kappa shape index (κ2) is 6.95. The molecule has 1 aliphatic heterocycles. The lowest BCUT2D eigenvalue weighted by Crippen LogP contribution is -2.21. The highest BCUT2D eigenvalue weighted by atomic mass is 32.2. The van der Waals surface area contributed by atoms with Gasteiger partial charge in [-0.2, -0.15) is 21.6 Å². The van der Waals surface area contributed by atoms with E-state index < -0.39 is 122 Å². The zero-order chi connectivity index (χ0) is 30.1. The van der Waals surface area contributed by atoms with E-state index in [1.54, 1.807) is 0 Å². The molecule has 2 atom stereocenters. The highest BCUT2D eigenvalue weighted by Crippen LogP contribution is 2.41. The van der Waals surface area contributed by atoms with E-state index >= 15 is 0 Å². The summed E-state index contributed by atoms with van der Waals surface area (Å²) in [4.78, 5) is 13.4. The molecule has 0 aliphatic carbocycles. The molecular weight excluding hydrogens is 399 g/mol. The van der Waals surface area contributed by atoms with Gasteiger partial charge in [-0.25, -0.2) is 0 Å². The van der Waals surface area contributed by atoms with Crippen molar-refractivity contribution in [3.8, 4) is 0 Å². The molecule has 3 N–H and O–H groups in total. The van der Waals surface area contributed by atoms with Crippen LogP contribution < -0.4 is 5.72 Å². The SMILES string of the molecule is [2H]c1c([2H])c([2H])c(C(C2=C(N([2H])[2H])OC(c3c([2H])c([2H])c(C(F)(F)F)c([2H])c3[2H])C2=O)S(=O)(=O)O)c([2H])c1[2H]. The Morgan fingerprint density at radius 1 is 1.14 bits per heavy atom. The van der Waals surface area contributed by atoms with Crippen molar-refractivity contribution in [2.24, 2.45) is 5.72 Å². The van der Waals surface area contributed by atoms with E-state index in [1.165, 1.54) is 0 Å². The second-order valence-corrected chi connectivity index (χ2v) is 6.80. The Balaban J connectivity index is 2.37. The van der Waals surface area contributed by atoms with Gasteiger partial charge in [0, 0.05) is 5.56 Å². The zero-order valence-corrected chi connectivity index (χ0v) is 14.0. The van der Waals surface area contributed by atoms with Crippen LogP contribution in [0.2, 0.25) is 2.82 Å². The largest absolute Gasteiger partial charge is 0.463 e. The molecule has 0 saturated heterocycles. The highest BCUT2D eigenvalue weighted by Gasteiger charge is 2.44. The Morgan fingerprint density at radius 2 is 1.75 bits per heavy atom. The van der Waals surface area contributed by atoms with E-state index in [0.29, 0.717) is 0 Å². The average molecular weight is 424 g/mol. The Morgan fingerprint density at radius 3 is 2.25 bits per heavy atom. The van der Waals surface area contributed by atoms with Gasteiger partial charge < -0.3 is 10.5 Å². The third kappa shape index (κ3) is 3.73. The van der Waals surface area contributed by atoms with Gasteiger partial charge in [0.25, 0.3) is 10.1 Å². The summed E-state index contributed by atoms with van der Waals surface area (Å²) in [5.41, 5.74) is -6.25. The van der Waals surface area contributed by atoms with Gasteiger partial charge >= 0.3 is 6.18 Å². The fourth-order valence-electron chi connectivity index (χ4n) is 2.33. The first-order valence-corrected chi connectivity index (χ1v) is 8.59. The summed E-state index contributed by atoms with van der Waals surface area (Å²) >= 11 is 0. The van der Waals surface area contributed by atoms with Gasteiger partial charge in [0.2, 0.25) is 5.78 Å². The fraction of sp³-hybridized carbons (Fsp3) is 0.167. The van der Waals surface area contributed by atoms with Crippen LogP contribution >= 0.6 is 0 Å². The Kier molecular flexibility index (Phi) is 2.50. The van der Waals surface area contributed by atoms with Crippen molar-refractivity contribution in [1.82, 2.24) is 0 Å². The van der Waals surface area contributed by atoms with Crippen molar-refractivity contribution in [2.45, 2.75) is 17.5 Å². The van der Waals surface area contributed by atoms with E-state index in [9.17, 15) is 30.9 Å². The summed E-state index contributed by atoms with van der Waals surface area (Å²) in [5, 5.41) is -2.90. The first kappa shape index (κ1) is 10.1. The van der Waals surface area contributed by atoms with Gasteiger partial charge in [0.1, 0.15) is 5.25 Å². The van der Waals surface area contributed by atoms with Crippen LogP contribution in [0, 0.1) is 0 Å². The number of hydrogen-bond acceptors (Lipinski definition) is 5. The number of Topliss-reactive ketones (excluding diaryl/α,β-unsaturated/α-hetero) is 1.